The second-order valence-electron chi connectivity index (χ2n) is 7.76. The highest BCUT2D eigenvalue weighted by molar-refractivity contribution is 6.30. The Labute approximate surface area is 191 Å². The molecule has 32 heavy (non-hydrogen) atoms. The number of primary amides is 1. The fourth-order valence-electron chi connectivity index (χ4n) is 3.91. The van der Waals surface area contributed by atoms with Crippen molar-refractivity contribution < 1.29 is 14.6 Å². The third-order valence-corrected chi connectivity index (χ3v) is 5.78. The molecule has 1 aromatic heterocycles. The van der Waals surface area contributed by atoms with Gasteiger partial charge in [-0.15, -0.1) is 0 Å². The van der Waals surface area contributed by atoms with Gasteiger partial charge in [0.2, 0.25) is 0 Å². The second kappa shape index (κ2) is 9.56. The van der Waals surface area contributed by atoms with Crippen LogP contribution >= 0.6 is 11.6 Å². The molecular formula is C24H25ClN4O3. The van der Waals surface area contributed by atoms with Crippen LogP contribution in [0, 0.1) is 0 Å². The zero-order chi connectivity index (χ0) is 22.7. The molecule has 1 unspecified atom stereocenters. The predicted octanol–water partition coefficient (Wildman–Crippen LogP) is 4.24. The van der Waals surface area contributed by atoms with Gasteiger partial charge in [0.15, 0.2) is 0 Å². The van der Waals surface area contributed by atoms with Crippen LogP contribution in [0.25, 0.3) is 11.3 Å². The molecule has 1 aliphatic rings. The summed E-state index contributed by atoms with van der Waals surface area (Å²) < 4.78 is 7.62. The number of piperidine rings is 1. The Morgan fingerprint density at radius 1 is 1.28 bits per heavy atom. The van der Waals surface area contributed by atoms with Gasteiger partial charge in [-0.05, 0) is 61.4 Å². The smallest absolute Gasteiger partial charge is 0.252 e. The summed E-state index contributed by atoms with van der Waals surface area (Å²) in [6, 6.07) is 14.5. The zero-order valence-corrected chi connectivity index (χ0v) is 18.3. The summed E-state index contributed by atoms with van der Waals surface area (Å²) >= 11 is 6.01. The minimum atomic E-state index is -0.699. The lowest BCUT2D eigenvalue weighted by atomic mass is 10.1. The average Bonchev–Trinajstić information content (AvgIpc) is 3.25. The van der Waals surface area contributed by atoms with E-state index in [4.69, 9.17) is 27.2 Å². The number of amides is 1. The van der Waals surface area contributed by atoms with Crippen molar-refractivity contribution in [3.63, 3.8) is 0 Å². The molecule has 7 nitrogen and oxygen atoms in total. The predicted molar refractivity (Wildman–Crippen MR) is 124 cm³/mol. The minimum absolute atomic E-state index is 0.0237. The Morgan fingerprint density at radius 3 is 2.75 bits per heavy atom. The van der Waals surface area contributed by atoms with Crippen LogP contribution in [-0.4, -0.2) is 45.0 Å². The van der Waals surface area contributed by atoms with Crippen molar-refractivity contribution in [1.82, 2.24) is 14.7 Å². The minimum Gasteiger partial charge on any atom is -0.457 e. The lowest BCUT2D eigenvalue weighted by Gasteiger charge is -2.34. The van der Waals surface area contributed by atoms with Gasteiger partial charge in [-0.2, -0.15) is 5.10 Å². The molecule has 0 saturated carbocycles. The quantitative estimate of drug-likeness (QED) is 0.523. The number of aromatic nitrogens is 2. The molecule has 1 fully saturated rings. The number of carbonyl (C=O) groups excluding carboxylic acids is 1. The summed E-state index contributed by atoms with van der Waals surface area (Å²) in [4.78, 5) is 14.1. The summed E-state index contributed by atoms with van der Waals surface area (Å²) in [7, 11) is 0. The van der Waals surface area contributed by atoms with Gasteiger partial charge in [0.25, 0.3) is 5.91 Å². The van der Waals surface area contributed by atoms with E-state index in [2.05, 4.69) is 6.58 Å². The summed E-state index contributed by atoms with van der Waals surface area (Å²) in [5.74, 6) is 0.734. The van der Waals surface area contributed by atoms with E-state index in [0.717, 1.165) is 24.9 Å². The zero-order valence-electron chi connectivity index (χ0n) is 17.5. The van der Waals surface area contributed by atoms with Gasteiger partial charge in [-0.1, -0.05) is 24.2 Å². The third-order valence-electron chi connectivity index (χ3n) is 5.54. The number of nitrogens with two attached hydrogens (primary N) is 1. The van der Waals surface area contributed by atoms with Crippen LogP contribution in [-0.2, 0) is 0 Å². The Morgan fingerprint density at radius 2 is 2.06 bits per heavy atom. The fraction of sp³-hybridized carbons (Fsp3) is 0.250. The molecule has 4 rings (SSSR count). The van der Waals surface area contributed by atoms with E-state index in [1.807, 2.05) is 41.3 Å². The number of hydrogen-bond donors (Lipinski definition) is 2. The number of hydrogen-bond acceptors (Lipinski definition) is 5. The second-order valence-corrected chi connectivity index (χ2v) is 8.20. The number of benzene rings is 2. The first-order valence-electron chi connectivity index (χ1n) is 10.4. The Hall–Kier alpha value is -3.13. The highest BCUT2D eigenvalue weighted by Gasteiger charge is 2.27. The normalized spacial score (nSPS) is 17.6. The summed E-state index contributed by atoms with van der Waals surface area (Å²) in [6.45, 7) is 5.06. The lowest BCUT2D eigenvalue weighted by molar-refractivity contribution is 0.0121. The monoisotopic (exact) mass is 452 g/mol. The highest BCUT2D eigenvalue weighted by atomic mass is 35.5. The SMILES string of the molecule is C=CC(O)N1CCC[C@@H](n2cc(C(N)=O)c(-c3ccc(Oc4cccc(Cl)c4)cc3)n2)C1. The van der Waals surface area contributed by atoms with E-state index in [-0.39, 0.29) is 6.04 Å². The molecule has 2 aromatic carbocycles. The molecule has 3 N–H and O–H groups in total. The number of carbonyl (C=O) groups is 1. The number of rotatable bonds is 7. The maximum absolute atomic E-state index is 12.1. The van der Waals surface area contributed by atoms with E-state index in [0.29, 0.717) is 34.3 Å². The molecule has 0 aliphatic carbocycles. The van der Waals surface area contributed by atoms with E-state index >= 15 is 0 Å². The van der Waals surface area contributed by atoms with E-state index < -0.39 is 12.1 Å². The number of ether oxygens (including phenoxy) is 1. The largest absolute Gasteiger partial charge is 0.457 e. The molecular weight excluding hydrogens is 428 g/mol. The molecule has 8 heteroatoms. The number of halogens is 1. The first kappa shape index (κ1) is 22.1. The van der Waals surface area contributed by atoms with Gasteiger partial charge in [0, 0.05) is 29.9 Å². The Kier molecular flexibility index (Phi) is 6.60. The van der Waals surface area contributed by atoms with Gasteiger partial charge >= 0.3 is 0 Å². The topological polar surface area (TPSA) is 93.6 Å². The van der Waals surface area contributed by atoms with E-state index in [1.54, 1.807) is 23.0 Å². The molecule has 1 aliphatic heterocycles. The molecule has 1 saturated heterocycles. The highest BCUT2D eigenvalue weighted by Crippen LogP contribution is 2.30. The number of aliphatic hydroxyl groups is 1. The van der Waals surface area contributed by atoms with Gasteiger partial charge in [0.1, 0.15) is 23.4 Å². The first-order chi connectivity index (χ1) is 15.4. The number of aliphatic hydroxyl groups excluding tert-OH is 1. The average molecular weight is 453 g/mol. The van der Waals surface area contributed by atoms with E-state index in [1.165, 1.54) is 6.08 Å². The summed E-state index contributed by atoms with van der Waals surface area (Å²) in [6.07, 6.45) is 4.31. The van der Waals surface area contributed by atoms with Crippen LogP contribution in [0.3, 0.4) is 0 Å². The summed E-state index contributed by atoms with van der Waals surface area (Å²) in [5.41, 5.74) is 7.28. The van der Waals surface area contributed by atoms with Gasteiger partial charge < -0.3 is 15.6 Å². The van der Waals surface area contributed by atoms with Crippen molar-refractivity contribution in [3.05, 3.63) is 78.0 Å². The van der Waals surface area contributed by atoms with Crippen molar-refractivity contribution in [2.45, 2.75) is 25.1 Å². The van der Waals surface area contributed by atoms with Crippen LogP contribution in [0.5, 0.6) is 11.5 Å². The maximum atomic E-state index is 12.1. The molecule has 1 amide bonds. The van der Waals surface area contributed by atoms with Crippen molar-refractivity contribution in [2.24, 2.45) is 5.73 Å². The number of likely N-dealkylation sites (tertiary alicyclic amines) is 1. The lowest BCUT2D eigenvalue weighted by Crippen LogP contribution is -2.42. The molecule has 2 heterocycles. The van der Waals surface area contributed by atoms with Crippen LogP contribution in [0.15, 0.2) is 67.4 Å². The number of nitrogens with zero attached hydrogens (tertiary/aromatic N) is 3. The van der Waals surface area contributed by atoms with Crippen LogP contribution < -0.4 is 10.5 Å². The first-order valence-corrected chi connectivity index (χ1v) is 10.8. The van der Waals surface area contributed by atoms with Crippen molar-refractivity contribution >= 4 is 17.5 Å². The van der Waals surface area contributed by atoms with Gasteiger partial charge in [-0.25, -0.2) is 0 Å². The standard InChI is InChI=1S/C24H25ClN4O3/c1-2-22(30)28-12-4-6-18(14-28)29-15-21(24(26)31)23(27-29)16-8-10-19(11-9-16)32-20-7-3-5-17(25)13-20/h2-3,5,7-11,13,15,18,22,30H,1,4,6,12,14H2,(H2,26,31)/t18-,22?/m1/s1. The molecule has 0 radical (unpaired) electrons. The van der Waals surface area contributed by atoms with Crippen molar-refractivity contribution in [2.75, 3.05) is 13.1 Å². The van der Waals surface area contributed by atoms with Gasteiger partial charge in [0.05, 0.1) is 11.6 Å². The molecule has 2 atom stereocenters. The summed E-state index contributed by atoms with van der Waals surface area (Å²) in [5, 5.41) is 15.4. The molecule has 0 bridgehead atoms. The maximum Gasteiger partial charge on any atom is 0.252 e. The molecule has 166 valence electrons. The van der Waals surface area contributed by atoms with E-state index in [9.17, 15) is 9.90 Å². The van der Waals surface area contributed by atoms with Crippen LogP contribution in [0.1, 0.15) is 29.2 Å². The Bertz CT molecular complexity index is 1110. The van der Waals surface area contributed by atoms with Crippen LogP contribution in [0.2, 0.25) is 5.02 Å². The van der Waals surface area contributed by atoms with Crippen molar-refractivity contribution in [1.29, 1.82) is 0 Å². The Balaban J connectivity index is 1.57. The fourth-order valence-corrected chi connectivity index (χ4v) is 4.09. The molecule has 0 spiro atoms. The third kappa shape index (κ3) is 4.85. The van der Waals surface area contributed by atoms with Crippen molar-refractivity contribution in [3.8, 4) is 22.8 Å². The van der Waals surface area contributed by atoms with Gasteiger partial charge in [-0.3, -0.25) is 14.4 Å². The van der Waals surface area contributed by atoms with Crippen LogP contribution in [0.4, 0.5) is 0 Å². The molecule has 3 aromatic rings.